The van der Waals surface area contributed by atoms with Gasteiger partial charge in [0.15, 0.2) is 0 Å². The third-order valence-electron chi connectivity index (χ3n) is 12.2. The third-order valence-corrected chi connectivity index (χ3v) is 12.2. The Kier molecular flexibility index (Phi) is 9.28. The zero-order chi connectivity index (χ0) is 30.2. The van der Waals surface area contributed by atoms with Gasteiger partial charge < -0.3 is 14.4 Å². The van der Waals surface area contributed by atoms with Crippen molar-refractivity contribution < 1.29 is 19.1 Å². The summed E-state index contributed by atoms with van der Waals surface area (Å²) < 4.78 is 13.1. The first-order valence-electron chi connectivity index (χ1n) is 16.9. The summed E-state index contributed by atoms with van der Waals surface area (Å²) in [6, 6.07) is 9.97. The molecule has 2 aliphatic heterocycles. The van der Waals surface area contributed by atoms with E-state index in [0.29, 0.717) is 36.1 Å². The van der Waals surface area contributed by atoms with Crippen LogP contribution in [0, 0.1) is 35.0 Å². The molecule has 9 atom stereocenters. The van der Waals surface area contributed by atoms with Crippen molar-refractivity contribution in [3.05, 3.63) is 47.0 Å². The minimum atomic E-state index is -0.328. The maximum atomic E-state index is 13.5. The van der Waals surface area contributed by atoms with Gasteiger partial charge in [-0.2, -0.15) is 0 Å². The normalized spacial score (nSPS) is 37.6. The molecule has 2 aliphatic carbocycles. The Morgan fingerprint density at radius 3 is 2.62 bits per heavy atom. The number of ketones is 1. The van der Waals surface area contributed by atoms with Crippen LogP contribution in [-0.2, 0) is 20.9 Å². The van der Waals surface area contributed by atoms with Crippen LogP contribution in [0.1, 0.15) is 112 Å². The molecule has 3 fully saturated rings. The maximum Gasteiger partial charge on any atom is 0.410 e. The predicted molar refractivity (Wildman–Crippen MR) is 168 cm³/mol. The Balaban J connectivity index is 1.38. The molecule has 0 radical (unpaired) electrons. The van der Waals surface area contributed by atoms with E-state index < -0.39 is 0 Å². The van der Waals surface area contributed by atoms with Gasteiger partial charge >= 0.3 is 6.09 Å². The predicted octanol–water partition coefficient (Wildman–Crippen LogP) is 8.76. The van der Waals surface area contributed by atoms with Gasteiger partial charge in [-0.1, -0.05) is 83.9 Å². The number of fused-ring (bicyclic) bond motifs is 1. The van der Waals surface area contributed by atoms with E-state index in [1.807, 2.05) is 35.2 Å². The molecule has 42 heavy (non-hydrogen) atoms. The van der Waals surface area contributed by atoms with E-state index in [0.717, 1.165) is 69.9 Å². The first-order valence-corrected chi connectivity index (χ1v) is 16.9. The highest BCUT2D eigenvalue weighted by Crippen LogP contribution is 2.56. The number of ether oxygens (including phenoxy) is 2. The van der Waals surface area contributed by atoms with Gasteiger partial charge in [-0.15, -0.1) is 0 Å². The SMILES string of the molecule is CCC[C@@H]1CC(=O)CC[C@]1(C)[C@H](C)CC1=C(C)[C@]2(CC[C@H]1C)O[C@@H]1C[C@H](C)CN(C(=O)OCc3ccccc3)[C@H]1[C@H]2C. The molecule has 1 spiro atoms. The minimum absolute atomic E-state index is 0.0299. The van der Waals surface area contributed by atoms with Gasteiger partial charge in [-0.25, -0.2) is 4.79 Å². The number of likely N-dealkylation sites (tertiary alicyclic amines) is 1. The number of benzene rings is 1. The van der Waals surface area contributed by atoms with Gasteiger partial charge in [0.05, 0.1) is 17.7 Å². The molecule has 5 nitrogen and oxygen atoms in total. The Hall–Kier alpha value is -2.14. The van der Waals surface area contributed by atoms with Gasteiger partial charge in [-0.3, -0.25) is 4.79 Å². The standard InChI is InChI=1S/C37H55NO4/c1-8-12-30-21-31(39)16-17-36(30,7)26(4)20-32-25(3)15-18-37(27(32)5)28(6)34-33(42-37)19-24(2)22-38(34)35(40)41-23-29-13-10-9-11-14-29/h9-11,13-14,24-26,28,30,33-34H,8,12,15-23H2,1-7H3/t24-,25+,26+,28+,30+,33+,34-,36+,37-/m0/s1. The molecule has 2 heterocycles. The lowest BCUT2D eigenvalue weighted by atomic mass is 9.57. The van der Waals surface area contributed by atoms with Gasteiger partial charge in [0.1, 0.15) is 12.4 Å². The fourth-order valence-electron chi connectivity index (χ4n) is 9.35. The minimum Gasteiger partial charge on any atom is -0.445 e. The summed E-state index contributed by atoms with van der Waals surface area (Å²) in [5.41, 5.74) is 3.86. The fraction of sp³-hybridized carbons (Fsp3) is 0.730. The number of piperidine rings is 1. The average Bonchev–Trinajstić information content (AvgIpc) is 3.25. The van der Waals surface area contributed by atoms with Crippen molar-refractivity contribution in [1.29, 1.82) is 0 Å². The van der Waals surface area contributed by atoms with Gasteiger partial charge in [0.25, 0.3) is 0 Å². The number of allylic oxidation sites excluding steroid dienone is 1. The molecule has 0 unspecified atom stereocenters. The Bertz CT molecular complexity index is 1160. The number of rotatable bonds is 7. The largest absolute Gasteiger partial charge is 0.445 e. The van der Waals surface area contributed by atoms with E-state index in [2.05, 4.69) is 48.5 Å². The van der Waals surface area contributed by atoms with Gasteiger partial charge in [-0.05, 0) is 85.7 Å². The second-order valence-corrected chi connectivity index (χ2v) is 14.8. The van der Waals surface area contributed by atoms with E-state index in [-0.39, 0.29) is 35.2 Å². The highest BCUT2D eigenvalue weighted by atomic mass is 16.6. The average molecular weight is 578 g/mol. The van der Waals surface area contributed by atoms with Gasteiger partial charge in [0.2, 0.25) is 0 Å². The molecule has 1 aromatic carbocycles. The van der Waals surface area contributed by atoms with Crippen molar-refractivity contribution in [3.63, 3.8) is 0 Å². The van der Waals surface area contributed by atoms with E-state index >= 15 is 0 Å². The second kappa shape index (κ2) is 12.5. The summed E-state index contributed by atoms with van der Waals surface area (Å²) in [6.07, 6.45) is 8.78. The lowest BCUT2D eigenvalue weighted by Crippen LogP contribution is -2.54. The smallest absolute Gasteiger partial charge is 0.410 e. The van der Waals surface area contributed by atoms with Crippen LogP contribution >= 0.6 is 0 Å². The monoisotopic (exact) mass is 577 g/mol. The molecule has 5 heteroatoms. The number of carbonyl (C=O) groups is 2. The number of hydrogen-bond acceptors (Lipinski definition) is 4. The first-order chi connectivity index (χ1) is 20.0. The van der Waals surface area contributed by atoms with Crippen molar-refractivity contribution in [1.82, 2.24) is 4.90 Å². The molecule has 0 N–H and O–H groups in total. The van der Waals surface area contributed by atoms with Crippen molar-refractivity contribution in [2.24, 2.45) is 35.0 Å². The van der Waals surface area contributed by atoms with Crippen molar-refractivity contribution in [3.8, 4) is 0 Å². The lowest BCUT2D eigenvalue weighted by Gasteiger charge is -2.48. The summed E-state index contributed by atoms with van der Waals surface area (Å²) in [7, 11) is 0. The zero-order valence-electron chi connectivity index (χ0n) is 27.3. The summed E-state index contributed by atoms with van der Waals surface area (Å²) in [6.45, 7) is 17.5. The number of carbonyl (C=O) groups excluding carboxylic acids is 2. The molecule has 232 valence electrons. The molecule has 1 aromatic rings. The summed E-state index contributed by atoms with van der Waals surface area (Å²) in [5.74, 6) is 2.54. The number of hydrogen-bond donors (Lipinski definition) is 0. The third kappa shape index (κ3) is 5.72. The molecular weight excluding hydrogens is 522 g/mol. The van der Waals surface area contributed by atoms with Crippen LogP contribution in [0.4, 0.5) is 4.79 Å². The van der Waals surface area contributed by atoms with Crippen LogP contribution in [0.25, 0.3) is 0 Å². The topological polar surface area (TPSA) is 55.8 Å². The van der Waals surface area contributed by atoms with E-state index in [4.69, 9.17) is 9.47 Å². The first kappa shape index (κ1) is 31.3. The molecule has 5 rings (SSSR count). The maximum absolute atomic E-state index is 13.5. The van der Waals surface area contributed by atoms with Crippen molar-refractivity contribution in [2.75, 3.05) is 6.54 Å². The molecule has 1 saturated carbocycles. The summed E-state index contributed by atoms with van der Waals surface area (Å²) in [5, 5.41) is 0. The van der Waals surface area contributed by atoms with Crippen LogP contribution in [0.3, 0.4) is 0 Å². The zero-order valence-corrected chi connectivity index (χ0v) is 27.3. The van der Waals surface area contributed by atoms with Crippen LogP contribution in [0.5, 0.6) is 0 Å². The molecule has 0 bridgehead atoms. The highest BCUT2D eigenvalue weighted by Gasteiger charge is 2.59. The van der Waals surface area contributed by atoms with Crippen LogP contribution < -0.4 is 0 Å². The quantitative estimate of drug-likeness (QED) is 0.304. The van der Waals surface area contributed by atoms with Crippen LogP contribution in [0.15, 0.2) is 41.5 Å². The highest BCUT2D eigenvalue weighted by molar-refractivity contribution is 5.79. The van der Waals surface area contributed by atoms with Crippen LogP contribution in [0.2, 0.25) is 0 Å². The summed E-state index contributed by atoms with van der Waals surface area (Å²) in [4.78, 5) is 28.0. The summed E-state index contributed by atoms with van der Waals surface area (Å²) >= 11 is 0. The molecule has 4 aliphatic rings. The Morgan fingerprint density at radius 1 is 1.17 bits per heavy atom. The second-order valence-electron chi connectivity index (χ2n) is 14.8. The number of nitrogens with zero attached hydrogens (tertiary/aromatic N) is 1. The lowest BCUT2D eigenvalue weighted by molar-refractivity contribution is -0.126. The van der Waals surface area contributed by atoms with Crippen molar-refractivity contribution >= 4 is 11.9 Å². The van der Waals surface area contributed by atoms with Gasteiger partial charge in [0, 0.05) is 25.3 Å². The van der Waals surface area contributed by atoms with E-state index in [1.54, 1.807) is 5.57 Å². The Morgan fingerprint density at radius 2 is 1.90 bits per heavy atom. The molecule has 0 aromatic heterocycles. The molecule has 1 amide bonds. The van der Waals surface area contributed by atoms with E-state index in [9.17, 15) is 9.59 Å². The fourth-order valence-corrected chi connectivity index (χ4v) is 9.35. The number of amides is 1. The molecule has 2 saturated heterocycles. The van der Waals surface area contributed by atoms with Crippen LogP contribution in [-0.4, -0.2) is 41.1 Å². The van der Waals surface area contributed by atoms with E-state index in [1.165, 1.54) is 5.57 Å². The van der Waals surface area contributed by atoms with Crippen molar-refractivity contribution in [2.45, 2.75) is 131 Å². The number of Topliss-reactive ketones (excluding diaryl/α,β-unsaturated/α-hetero) is 1. The molecular formula is C37H55NO4. The Labute approximate surface area is 254 Å².